The van der Waals surface area contributed by atoms with Crippen LogP contribution in [0.1, 0.15) is 12.5 Å². The lowest BCUT2D eigenvalue weighted by Crippen LogP contribution is -1.96. The molecule has 0 aliphatic carbocycles. The topological polar surface area (TPSA) is 48.7 Å². The minimum atomic E-state index is 0.605. The first-order valence-electron chi connectivity index (χ1n) is 5.69. The van der Waals surface area contributed by atoms with E-state index in [1.165, 1.54) is 0 Å². The van der Waals surface area contributed by atoms with Crippen LogP contribution < -0.4 is 5.32 Å². The summed E-state index contributed by atoms with van der Waals surface area (Å²) in [4.78, 5) is 4.24. The first-order chi connectivity index (χ1) is 8.85. The maximum absolute atomic E-state index is 9.26. The van der Waals surface area contributed by atoms with Gasteiger partial charge in [-0.2, -0.15) is 5.26 Å². The van der Waals surface area contributed by atoms with Crippen molar-refractivity contribution in [1.29, 1.82) is 5.26 Å². The molecule has 0 unspecified atom stereocenters. The van der Waals surface area contributed by atoms with E-state index in [0.29, 0.717) is 5.56 Å². The SMILES string of the molecule is CCSc1nccc(Nc2ccccc2)c1C#N. The molecule has 0 aliphatic rings. The smallest absolute Gasteiger partial charge is 0.116 e. The van der Waals surface area contributed by atoms with Gasteiger partial charge in [0.05, 0.1) is 5.69 Å². The lowest BCUT2D eigenvalue weighted by molar-refractivity contribution is 1.11. The minimum absolute atomic E-state index is 0.605. The fraction of sp³-hybridized carbons (Fsp3) is 0.143. The number of rotatable bonds is 4. The predicted octanol–water partition coefficient (Wildman–Crippen LogP) is 3.81. The second kappa shape index (κ2) is 6.08. The fourth-order valence-electron chi connectivity index (χ4n) is 1.58. The zero-order valence-corrected chi connectivity index (χ0v) is 10.9. The Morgan fingerprint density at radius 3 is 2.72 bits per heavy atom. The van der Waals surface area contributed by atoms with Gasteiger partial charge in [-0.25, -0.2) is 4.98 Å². The monoisotopic (exact) mass is 255 g/mol. The zero-order chi connectivity index (χ0) is 12.8. The fourth-order valence-corrected chi connectivity index (χ4v) is 2.29. The molecule has 18 heavy (non-hydrogen) atoms. The van der Waals surface area contributed by atoms with Gasteiger partial charge in [-0.1, -0.05) is 25.1 Å². The van der Waals surface area contributed by atoms with Gasteiger partial charge in [-0.15, -0.1) is 11.8 Å². The minimum Gasteiger partial charge on any atom is -0.354 e. The third kappa shape index (κ3) is 2.82. The van der Waals surface area contributed by atoms with Crippen LogP contribution in [0.5, 0.6) is 0 Å². The Morgan fingerprint density at radius 2 is 2.06 bits per heavy atom. The highest BCUT2D eigenvalue weighted by Gasteiger charge is 2.09. The average Bonchev–Trinajstić information content (AvgIpc) is 2.41. The van der Waals surface area contributed by atoms with Crippen LogP contribution in [0.3, 0.4) is 0 Å². The van der Waals surface area contributed by atoms with E-state index in [-0.39, 0.29) is 0 Å². The maximum atomic E-state index is 9.26. The van der Waals surface area contributed by atoms with E-state index in [1.54, 1.807) is 18.0 Å². The van der Waals surface area contributed by atoms with Crippen molar-refractivity contribution in [2.45, 2.75) is 11.9 Å². The number of para-hydroxylation sites is 1. The normalized spacial score (nSPS) is 9.78. The molecule has 4 heteroatoms. The van der Waals surface area contributed by atoms with Crippen LogP contribution in [-0.2, 0) is 0 Å². The van der Waals surface area contributed by atoms with Crippen LogP contribution in [0.25, 0.3) is 0 Å². The first kappa shape index (κ1) is 12.5. The predicted molar refractivity (Wildman–Crippen MR) is 75.1 cm³/mol. The molecule has 1 aromatic heterocycles. The Balaban J connectivity index is 2.34. The number of hydrogen-bond acceptors (Lipinski definition) is 4. The number of nitrogens with zero attached hydrogens (tertiary/aromatic N) is 2. The van der Waals surface area contributed by atoms with E-state index >= 15 is 0 Å². The molecule has 0 atom stereocenters. The van der Waals surface area contributed by atoms with E-state index in [2.05, 4.69) is 16.4 Å². The van der Waals surface area contributed by atoms with Crippen molar-refractivity contribution in [2.75, 3.05) is 11.1 Å². The largest absolute Gasteiger partial charge is 0.354 e. The third-order valence-corrected chi connectivity index (χ3v) is 3.23. The Labute approximate surface area is 111 Å². The van der Waals surface area contributed by atoms with Crippen molar-refractivity contribution in [3.05, 3.63) is 48.2 Å². The van der Waals surface area contributed by atoms with E-state index < -0.39 is 0 Å². The maximum Gasteiger partial charge on any atom is 0.116 e. The number of hydrogen-bond donors (Lipinski definition) is 1. The quantitative estimate of drug-likeness (QED) is 0.844. The molecule has 0 amide bonds. The second-order valence-electron chi connectivity index (χ2n) is 3.57. The molecule has 3 nitrogen and oxygen atoms in total. The number of benzene rings is 1. The standard InChI is InChI=1S/C14H13N3S/c1-2-18-14-12(10-15)13(8-9-16-14)17-11-6-4-3-5-7-11/h3-9H,2H2,1H3,(H,16,17). The number of nitriles is 1. The third-order valence-electron chi connectivity index (χ3n) is 2.36. The van der Waals surface area contributed by atoms with Gasteiger partial charge in [0.25, 0.3) is 0 Å². The molecule has 0 saturated carbocycles. The molecule has 0 bridgehead atoms. The molecule has 0 radical (unpaired) electrons. The average molecular weight is 255 g/mol. The van der Waals surface area contributed by atoms with Gasteiger partial charge in [-0.05, 0) is 24.0 Å². The van der Waals surface area contributed by atoms with Gasteiger partial charge in [0.2, 0.25) is 0 Å². The van der Waals surface area contributed by atoms with Gasteiger partial charge in [-0.3, -0.25) is 0 Å². The number of pyridine rings is 1. The Morgan fingerprint density at radius 1 is 1.28 bits per heavy atom. The van der Waals surface area contributed by atoms with Crippen molar-refractivity contribution in [1.82, 2.24) is 4.98 Å². The van der Waals surface area contributed by atoms with Crippen molar-refractivity contribution in [2.24, 2.45) is 0 Å². The number of nitrogens with one attached hydrogen (secondary N) is 1. The van der Waals surface area contributed by atoms with Crippen LogP contribution >= 0.6 is 11.8 Å². The lowest BCUT2D eigenvalue weighted by atomic mass is 10.2. The van der Waals surface area contributed by atoms with E-state index in [1.807, 2.05) is 43.3 Å². The summed E-state index contributed by atoms with van der Waals surface area (Å²) in [5.41, 5.74) is 2.37. The first-order valence-corrected chi connectivity index (χ1v) is 6.67. The van der Waals surface area contributed by atoms with Gasteiger partial charge in [0.1, 0.15) is 16.7 Å². The summed E-state index contributed by atoms with van der Waals surface area (Å²) in [5, 5.41) is 13.3. The molecule has 0 spiro atoms. The molecule has 1 N–H and O–H groups in total. The molecule has 1 aromatic carbocycles. The van der Waals surface area contributed by atoms with Crippen LogP contribution in [0, 0.1) is 11.3 Å². The summed E-state index contributed by atoms with van der Waals surface area (Å²) >= 11 is 1.58. The summed E-state index contributed by atoms with van der Waals surface area (Å²) < 4.78 is 0. The molecule has 2 aromatic rings. The van der Waals surface area contributed by atoms with Crippen LogP contribution in [0.4, 0.5) is 11.4 Å². The van der Waals surface area contributed by atoms with Crippen LogP contribution in [0.15, 0.2) is 47.6 Å². The van der Waals surface area contributed by atoms with Crippen molar-refractivity contribution >= 4 is 23.1 Å². The molecule has 0 fully saturated rings. The number of anilines is 2. The number of aromatic nitrogens is 1. The zero-order valence-electron chi connectivity index (χ0n) is 10.1. The summed E-state index contributed by atoms with van der Waals surface area (Å²) in [6.07, 6.45) is 1.73. The van der Waals surface area contributed by atoms with E-state index in [0.717, 1.165) is 22.2 Å². The van der Waals surface area contributed by atoms with Gasteiger partial charge < -0.3 is 5.32 Å². The van der Waals surface area contributed by atoms with Crippen molar-refractivity contribution < 1.29 is 0 Å². The molecule has 0 saturated heterocycles. The second-order valence-corrected chi connectivity index (χ2v) is 4.83. The molecule has 2 rings (SSSR count). The highest BCUT2D eigenvalue weighted by atomic mass is 32.2. The van der Waals surface area contributed by atoms with Gasteiger partial charge in [0.15, 0.2) is 0 Å². The summed E-state index contributed by atoms with van der Waals surface area (Å²) in [6.45, 7) is 2.05. The van der Waals surface area contributed by atoms with Gasteiger partial charge >= 0.3 is 0 Å². The number of thioether (sulfide) groups is 1. The van der Waals surface area contributed by atoms with Crippen LogP contribution in [0.2, 0.25) is 0 Å². The Hall–Kier alpha value is -1.99. The van der Waals surface area contributed by atoms with Crippen molar-refractivity contribution in [3.63, 3.8) is 0 Å². The highest BCUT2D eigenvalue weighted by molar-refractivity contribution is 7.99. The molecule has 0 aliphatic heterocycles. The van der Waals surface area contributed by atoms with Gasteiger partial charge in [0, 0.05) is 11.9 Å². The molecule has 1 heterocycles. The van der Waals surface area contributed by atoms with Crippen LogP contribution in [-0.4, -0.2) is 10.7 Å². The molecular weight excluding hydrogens is 242 g/mol. The lowest BCUT2D eigenvalue weighted by Gasteiger charge is -2.10. The van der Waals surface area contributed by atoms with E-state index in [9.17, 15) is 5.26 Å². The van der Waals surface area contributed by atoms with Crippen molar-refractivity contribution in [3.8, 4) is 6.07 Å². The summed E-state index contributed by atoms with van der Waals surface area (Å²) in [6, 6.07) is 13.9. The Bertz CT molecular complexity index is 561. The Kier molecular flexibility index (Phi) is 4.21. The summed E-state index contributed by atoms with van der Waals surface area (Å²) in [7, 11) is 0. The molecule has 90 valence electrons. The van der Waals surface area contributed by atoms with E-state index in [4.69, 9.17) is 0 Å². The highest BCUT2D eigenvalue weighted by Crippen LogP contribution is 2.27. The molecular formula is C14H13N3S. The summed E-state index contributed by atoms with van der Waals surface area (Å²) in [5.74, 6) is 0.899.